The van der Waals surface area contributed by atoms with E-state index in [0.29, 0.717) is 6.04 Å². The predicted molar refractivity (Wildman–Crippen MR) is 68.6 cm³/mol. The van der Waals surface area contributed by atoms with E-state index in [1.165, 1.54) is 25.7 Å². The third kappa shape index (κ3) is 2.80. The van der Waals surface area contributed by atoms with Gasteiger partial charge >= 0.3 is 0 Å². The number of likely N-dealkylation sites (tertiary alicyclic amines) is 1. The fourth-order valence-corrected chi connectivity index (χ4v) is 3.19. The number of piperidine rings is 1. The predicted octanol–water partition coefficient (Wildman–Crippen LogP) is 0.666. The number of amides is 1. The Morgan fingerprint density at radius 3 is 2.47 bits per heavy atom. The van der Waals surface area contributed by atoms with E-state index in [1.54, 1.807) is 4.90 Å². The Balaban J connectivity index is 1.98. The zero-order valence-corrected chi connectivity index (χ0v) is 11.1. The molecule has 1 aliphatic carbocycles. The van der Waals surface area contributed by atoms with Gasteiger partial charge in [-0.05, 0) is 25.8 Å². The second-order valence-corrected chi connectivity index (χ2v) is 5.72. The fraction of sp³-hybridized carbons (Fsp3) is 0.923. The summed E-state index contributed by atoms with van der Waals surface area (Å²) in [6, 6.07) is 0.752. The summed E-state index contributed by atoms with van der Waals surface area (Å²) in [6.45, 7) is 1.94. The van der Waals surface area contributed by atoms with Gasteiger partial charge in [-0.3, -0.25) is 9.69 Å². The van der Waals surface area contributed by atoms with Gasteiger partial charge < -0.3 is 10.6 Å². The molecule has 0 aromatic carbocycles. The molecule has 4 heteroatoms. The normalized spacial score (nSPS) is 31.7. The maximum Gasteiger partial charge on any atom is 0.228 e. The summed E-state index contributed by atoms with van der Waals surface area (Å²) in [7, 11) is 3.65. The Labute approximate surface area is 104 Å². The zero-order valence-electron chi connectivity index (χ0n) is 11.1. The zero-order chi connectivity index (χ0) is 12.4. The molecule has 1 amide bonds. The molecule has 2 fully saturated rings. The minimum atomic E-state index is -0.000602. The summed E-state index contributed by atoms with van der Waals surface area (Å²) in [5.41, 5.74) is 6.10. The van der Waals surface area contributed by atoms with Gasteiger partial charge in [0.15, 0.2) is 0 Å². The van der Waals surface area contributed by atoms with Crippen LogP contribution in [-0.4, -0.2) is 55.0 Å². The van der Waals surface area contributed by atoms with Crippen LogP contribution in [0.5, 0.6) is 0 Å². The van der Waals surface area contributed by atoms with Gasteiger partial charge in [-0.15, -0.1) is 0 Å². The van der Waals surface area contributed by atoms with Crippen LogP contribution >= 0.6 is 0 Å². The quantitative estimate of drug-likeness (QED) is 0.770. The van der Waals surface area contributed by atoms with Crippen LogP contribution < -0.4 is 5.73 Å². The van der Waals surface area contributed by atoms with Crippen molar-refractivity contribution in [1.29, 1.82) is 0 Å². The molecule has 0 bridgehead atoms. The summed E-state index contributed by atoms with van der Waals surface area (Å²) < 4.78 is 0. The van der Waals surface area contributed by atoms with E-state index in [0.717, 1.165) is 19.5 Å². The lowest BCUT2D eigenvalue weighted by Crippen LogP contribution is -2.54. The van der Waals surface area contributed by atoms with Crippen molar-refractivity contribution in [1.82, 2.24) is 9.80 Å². The van der Waals surface area contributed by atoms with Crippen LogP contribution in [0.15, 0.2) is 0 Å². The molecule has 1 saturated heterocycles. The van der Waals surface area contributed by atoms with Gasteiger partial charge in [-0.25, -0.2) is 0 Å². The van der Waals surface area contributed by atoms with Gasteiger partial charge in [-0.1, -0.05) is 12.8 Å². The maximum absolute atomic E-state index is 12.1. The van der Waals surface area contributed by atoms with Crippen LogP contribution in [0.2, 0.25) is 0 Å². The first kappa shape index (κ1) is 12.8. The lowest BCUT2D eigenvalue weighted by molar-refractivity contribution is -0.135. The molecular weight excluding hydrogens is 214 g/mol. The van der Waals surface area contributed by atoms with Gasteiger partial charge in [0.25, 0.3) is 0 Å². The molecule has 0 unspecified atom stereocenters. The van der Waals surface area contributed by atoms with E-state index in [2.05, 4.69) is 4.90 Å². The lowest BCUT2D eigenvalue weighted by atomic mass is 9.90. The Bertz CT molecular complexity index is 274. The Hall–Kier alpha value is -0.610. The number of hydrogen-bond acceptors (Lipinski definition) is 3. The van der Waals surface area contributed by atoms with E-state index in [1.807, 2.05) is 14.1 Å². The minimum Gasteiger partial charge on any atom is -0.348 e. The Morgan fingerprint density at radius 1 is 1.24 bits per heavy atom. The maximum atomic E-state index is 12.1. The highest BCUT2D eigenvalue weighted by molar-refractivity contribution is 5.79. The van der Waals surface area contributed by atoms with E-state index in [4.69, 9.17) is 5.73 Å². The smallest absolute Gasteiger partial charge is 0.228 e. The topological polar surface area (TPSA) is 49.6 Å². The van der Waals surface area contributed by atoms with Crippen LogP contribution in [0.4, 0.5) is 0 Å². The van der Waals surface area contributed by atoms with Crippen molar-refractivity contribution in [3.8, 4) is 0 Å². The highest BCUT2D eigenvalue weighted by Gasteiger charge is 2.36. The molecular formula is C13H25N3O. The van der Waals surface area contributed by atoms with Crippen LogP contribution in [0.1, 0.15) is 32.1 Å². The van der Waals surface area contributed by atoms with Crippen molar-refractivity contribution in [3.05, 3.63) is 0 Å². The first-order chi connectivity index (χ1) is 8.09. The molecule has 2 N–H and O–H groups in total. The van der Waals surface area contributed by atoms with E-state index in [-0.39, 0.29) is 17.9 Å². The van der Waals surface area contributed by atoms with Crippen molar-refractivity contribution >= 4 is 5.91 Å². The molecule has 98 valence electrons. The number of nitrogens with two attached hydrogens (primary N) is 1. The average molecular weight is 239 g/mol. The van der Waals surface area contributed by atoms with Gasteiger partial charge in [0.2, 0.25) is 5.91 Å². The van der Waals surface area contributed by atoms with E-state index < -0.39 is 0 Å². The molecule has 1 saturated carbocycles. The SMILES string of the molecule is CN(C)C(=O)[C@@H]1CN(C2CCCC2)CC[C@H]1N. The number of rotatable bonds is 2. The van der Waals surface area contributed by atoms with Crippen molar-refractivity contribution < 1.29 is 4.79 Å². The van der Waals surface area contributed by atoms with Crippen LogP contribution in [0.3, 0.4) is 0 Å². The Kier molecular flexibility index (Phi) is 4.05. The summed E-state index contributed by atoms with van der Waals surface area (Å²) in [6.07, 6.45) is 6.26. The molecule has 0 aromatic heterocycles. The molecule has 0 radical (unpaired) electrons. The molecule has 2 aliphatic rings. The third-order valence-electron chi connectivity index (χ3n) is 4.30. The molecule has 1 heterocycles. The summed E-state index contributed by atoms with van der Waals surface area (Å²) in [5.74, 6) is 0.194. The summed E-state index contributed by atoms with van der Waals surface area (Å²) in [4.78, 5) is 16.3. The van der Waals surface area contributed by atoms with Gasteiger partial charge in [0.1, 0.15) is 0 Å². The van der Waals surface area contributed by atoms with E-state index in [9.17, 15) is 4.79 Å². The Morgan fingerprint density at radius 2 is 1.88 bits per heavy atom. The van der Waals surface area contributed by atoms with Gasteiger partial charge in [-0.2, -0.15) is 0 Å². The van der Waals surface area contributed by atoms with Crippen LogP contribution in [-0.2, 0) is 4.79 Å². The molecule has 0 spiro atoms. The monoisotopic (exact) mass is 239 g/mol. The number of hydrogen-bond donors (Lipinski definition) is 1. The highest BCUT2D eigenvalue weighted by Crippen LogP contribution is 2.28. The summed E-state index contributed by atoms with van der Waals surface area (Å²) >= 11 is 0. The molecule has 17 heavy (non-hydrogen) atoms. The van der Waals surface area contributed by atoms with Crippen molar-refractivity contribution in [2.45, 2.75) is 44.2 Å². The van der Waals surface area contributed by atoms with E-state index >= 15 is 0 Å². The van der Waals surface area contributed by atoms with Gasteiger partial charge in [0.05, 0.1) is 5.92 Å². The van der Waals surface area contributed by atoms with Crippen molar-refractivity contribution in [3.63, 3.8) is 0 Å². The summed E-state index contributed by atoms with van der Waals surface area (Å²) in [5, 5.41) is 0. The molecule has 4 nitrogen and oxygen atoms in total. The molecule has 0 aromatic rings. The van der Waals surface area contributed by atoms with Crippen LogP contribution in [0, 0.1) is 5.92 Å². The molecule has 1 aliphatic heterocycles. The first-order valence-corrected chi connectivity index (χ1v) is 6.80. The lowest BCUT2D eigenvalue weighted by Gasteiger charge is -2.40. The van der Waals surface area contributed by atoms with Crippen molar-refractivity contribution in [2.24, 2.45) is 11.7 Å². The number of carbonyl (C=O) groups is 1. The first-order valence-electron chi connectivity index (χ1n) is 6.80. The van der Waals surface area contributed by atoms with Crippen LogP contribution in [0.25, 0.3) is 0 Å². The number of carbonyl (C=O) groups excluding carboxylic acids is 1. The minimum absolute atomic E-state index is 0.000602. The fourth-order valence-electron chi connectivity index (χ4n) is 3.19. The van der Waals surface area contributed by atoms with Gasteiger partial charge in [0, 0.05) is 32.7 Å². The average Bonchev–Trinajstić information content (AvgIpc) is 2.82. The second-order valence-electron chi connectivity index (χ2n) is 5.72. The molecule has 2 rings (SSSR count). The van der Waals surface area contributed by atoms with Crippen molar-refractivity contribution in [2.75, 3.05) is 27.2 Å². The highest BCUT2D eigenvalue weighted by atomic mass is 16.2. The molecule has 2 atom stereocenters. The number of nitrogens with zero attached hydrogens (tertiary/aromatic N) is 2. The standard InChI is InChI=1S/C13H25N3O/c1-15(2)13(17)11-9-16(8-7-12(11)14)10-5-3-4-6-10/h10-12H,3-9,14H2,1-2H3/t11-,12-/m1/s1. The largest absolute Gasteiger partial charge is 0.348 e. The third-order valence-corrected chi connectivity index (χ3v) is 4.30. The second kappa shape index (κ2) is 5.36.